The van der Waals surface area contributed by atoms with Gasteiger partial charge in [-0.2, -0.15) is 0 Å². The first-order chi connectivity index (χ1) is 11.7. The van der Waals surface area contributed by atoms with Crippen molar-refractivity contribution in [3.05, 3.63) is 66.7 Å². The number of para-hydroxylation sites is 1. The lowest BCUT2D eigenvalue weighted by Crippen LogP contribution is -1.94. The van der Waals surface area contributed by atoms with E-state index in [2.05, 4.69) is 0 Å². The maximum atomic E-state index is 9.59. The molecule has 24 heavy (non-hydrogen) atoms. The summed E-state index contributed by atoms with van der Waals surface area (Å²) >= 11 is 0. The molecule has 0 aliphatic rings. The van der Waals surface area contributed by atoms with E-state index >= 15 is 0 Å². The fourth-order valence-corrected chi connectivity index (χ4v) is 2.44. The van der Waals surface area contributed by atoms with Gasteiger partial charge in [-0.1, -0.05) is 30.3 Å². The largest absolute Gasteiger partial charge is 0.508 e. The number of benzene rings is 3. The maximum Gasteiger partial charge on any atom is 0.210 e. The van der Waals surface area contributed by atoms with Gasteiger partial charge in [-0.05, 0) is 47.5 Å². The first-order valence-electron chi connectivity index (χ1n) is 7.49. The Hall–Kier alpha value is -3.14. The Bertz CT molecular complexity index is 803. The molecule has 4 heteroatoms. The van der Waals surface area contributed by atoms with E-state index in [1.54, 1.807) is 26.4 Å². The normalized spacial score (nSPS) is 10.2. The van der Waals surface area contributed by atoms with E-state index in [4.69, 9.17) is 14.2 Å². The molecule has 0 aromatic heterocycles. The molecule has 3 rings (SSSR count). The molecule has 0 saturated carbocycles. The van der Waals surface area contributed by atoms with E-state index in [-0.39, 0.29) is 5.75 Å². The molecule has 0 atom stereocenters. The summed E-state index contributed by atoms with van der Waals surface area (Å²) in [6.07, 6.45) is 0. The quantitative estimate of drug-likeness (QED) is 0.728. The molecule has 0 fully saturated rings. The van der Waals surface area contributed by atoms with E-state index in [0.717, 1.165) is 11.1 Å². The van der Waals surface area contributed by atoms with Crippen LogP contribution in [0.5, 0.6) is 28.7 Å². The van der Waals surface area contributed by atoms with Gasteiger partial charge in [-0.15, -0.1) is 0 Å². The lowest BCUT2D eigenvalue weighted by atomic mass is 10.1. The zero-order valence-corrected chi connectivity index (χ0v) is 13.5. The van der Waals surface area contributed by atoms with Gasteiger partial charge in [0.25, 0.3) is 0 Å². The van der Waals surface area contributed by atoms with Crippen LogP contribution in [0.2, 0.25) is 0 Å². The summed E-state index contributed by atoms with van der Waals surface area (Å²) in [5, 5.41) is 9.59. The molecule has 0 radical (unpaired) electrons. The molecular weight excluding hydrogens is 304 g/mol. The van der Waals surface area contributed by atoms with E-state index in [9.17, 15) is 5.11 Å². The van der Waals surface area contributed by atoms with Crippen molar-refractivity contribution in [2.75, 3.05) is 14.2 Å². The monoisotopic (exact) mass is 322 g/mol. The van der Waals surface area contributed by atoms with Gasteiger partial charge in [0.05, 0.1) is 14.2 Å². The first kappa shape index (κ1) is 15.7. The third-order valence-electron chi connectivity index (χ3n) is 3.64. The summed E-state index contributed by atoms with van der Waals surface area (Å²) in [7, 11) is 3.18. The zero-order valence-electron chi connectivity index (χ0n) is 13.5. The predicted octanol–water partition coefficient (Wildman–Crippen LogP) is 4.87. The topological polar surface area (TPSA) is 47.9 Å². The van der Waals surface area contributed by atoms with Crippen molar-refractivity contribution in [2.24, 2.45) is 0 Å². The van der Waals surface area contributed by atoms with Gasteiger partial charge < -0.3 is 19.3 Å². The minimum atomic E-state index is 0.242. The molecule has 3 aromatic rings. The molecule has 0 spiro atoms. The van der Waals surface area contributed by atoms with Crippen molar-refractivity contribution in [1.82, 2.24) is 0 Å². The molecule has 0 amide bonds. The van der Waals surface area contributed by atoms with Crippen molar-refractivity contribution >= 4 is 0 Å². The van der Waals surface area contributed by atoms with Crippen LogP contribution in [0.15, 0.2) is 66.7 Å². The third-order valence-corrected chi connectivity index (χ3v) is 3.64. The van der Waals surface area contributed by atoms with Gasteiger partial charge in [0.15, 0.2) is 11.5 Å². The average molecular weight is 322 g/mol. The van der Waals surface area contributed by atoms with E-state index in [1.807, 2.05) is 54.6 Å². The molecule has 0 aliphatic carbocycles. The fourth-order valence-electron chi connectivity index (χ4n) is 2.44. The number of phenolic OH excluding ortho intramolecular Hbond substituents is 1. The summed E-state index contributed by atoms with van der Waals surface area (Å²) in [6, 6.07) is 20.2. The van der Waals surface area contributed by atoms with Gasteiger partial charge >= 0.3 is 0 Å². The second-order valence-corrected chi connectivity index (χ2v) is 5.17. The van der Waals surface area contributed by atoms with Crippen molar-refractivity contribution in [3.63, 3.8) is 0 Å². The van der Waals surface area contributed by atoms with Crippen molar-refractivity contribution in [2.45, 2.75) is 0 Å². The van der Waals surface area contributed by atoms with Gasteiger partial charge in [-0.3, -0.25) is 0 Å². The minimum absolute atomic E-state index is 0.242. The second kappa shape index (κ2) is 6.96. The Kier molecular flexibility index (Phi) is 4.57. The smallest absolute Gasteiger partial charge is 0.210 e. The summed E-state index contributed by atoms with van der Waals surface area (Å²) < 4.78 is 16.6. The predicted molar refractivity (Wildman–Crippen MR) is 93.2 cm³/mol. The summed E-state index contributed by atoms with van der Waals surface area (Å²) in [4.78, 5) is 0. The van der Waals surface area contributed by atoms with Crippen molar-refractivity contribution in [1.29, 1.82) is 0 Å². The molecule has 1 N–H and O–H groups in total. The van der Waals surface area contributed by atoms with E-state index < -0.39 is 0 Å². The van der Waals surface area contributed by atoms with Crippen LogP contribution < -0.4 is 14.2 Å². The zero-order chi connectivity index (χ0) is 16.9. The Morgan fingerprint density at radius 2 is 1.33 bits per heavy atom. The van der Waals surface area contributed by atoms with Gasteiger partial charge in [-0.25, -0.2) is 0 Å². The van der Waals surface area contributed by atoms with Crippen LogP contribution in [0.4, 0.5) is 0 Å². The van der Waals surface area contributed by atoms with Crippen molar-refractivity contribution in [3.8, 4) is 39.9 Å². The van der Waals surface area contributed by atoms with Crippen LogP contribution in [0, 0.1) is 0 Å². The van der Waals surface area contributed by atoms with E-state index in [0.29, 0.717) is 23.0 Å². The third kappa shape index (κ3) is 3.27. The Morgan fingerprint density at radius 3 is 1.92 bits per heavy atom. The van der Waals surface area contributed by atoms with Crippen molar-refractivity contribution < 1.29 is 19.3 Å². The minimum Gasteiger partial charge on any atom is -0.508 e. The highest BCUT2D eigenvalue weighted by molar-refractivity contribution is 5.66. The van der Waals surface area contributed by atoms with Gasteiger partial charge in [0.1, 0.15) is 11.5 Å². The molecule has 0 heterocycles. The molecule has 3 aromatic carbocycles. The number of rotatable bonds is 5. The van der Waals surface area contributed by atoms with Crippen LogP contribution in [0.25, 0.3) is 11.1 Å². The van der Waals surface area contributed by atoms with Crippen LogP contribution in [0.3, 0.4) is 0 Å². The lowest BCUT2D eigenvalue weighted by Gasteiger charge is -2.14. The highest BCUT2D eigenvalue weighted by atomic mass is 16.5. The molecule has 0 unspecified atom stereocenters. The molecular formula is C20H18O4. The number of aromatic hydroxyl groups is 1. The summed E-state index contributed by atoms with van der Waals surface area (Å²) in [5.41, 5.74) is 1.93. The molecule has 0 saturated heterocycles. The molecule has 0 bridgehead atoms. The van der Waals surface area contributed by atoms with Crippen LogP contribution in [-0.2, 0) is 0 Å². The number of phenols is 1. The molecule has 122 valence electrons. The number of hydrogen-bond donors (Lipinski definition) is 1. The van der Waals surface area contributed by atoms with Gasteiger partial charge in [0.2, 0.25) is 5.75 Å². The standard InChI is InChI=1S/C20H18O4/c1-22-18-7-4-8-19(23-2)20(18)24-17-11-9-14(10-12-17)15-5-3-6-16(21)13-15/h3-13,21H,1-2H3. The first-order valence-corrected chi connectivity index (χ1v) is 7.49. The fraction of sp³-hybridized carbons (Fsp3) is 0.100. The SMILES string of the molecule is COc1cccc(OC)c1Oc1ccc(-c2cccc(O)c2)cc1. The number of methoxy groups -OCH3 is 2. The van der Waals surface area contributed by atoms with Crippen LogP contribution in [0.1, 0.15) is 0 Å². The van der Waals surface area contributed by atoms with Gasteiger partial charge in [0, 0.05) is 0 Å². The Labute approximate surface area is 140 Å². The number of ether oxygens (including phenoxy) is 3. The average Bonchev–Trinajstić information content (AvgIpc) is 2.62. The Morgan fingerprint density at radius 1 is 0.708 bits per heavy atom. The van der Waals surface area contributed by atoms with Crippen LogP contribution in [-0.4, -0.2) is 19.3 Å². The lowest BCUT2D eigenvalue weighted by molar-refractivity contribution is 0.346. The highest BCUT2D eigenvalue weighted by Crippen LogP contribution is 2.40. The number of hydrogen-bond acceptors (Lipinski definition) is 4. The highest BCUT2D eigenvalue weighted by Gasteiger charge is 2.12. The molecule has 4 nitrogen and oxygen atoms in total. The maximum absolute atomic E-state index is 9.59. The Balaban J connectivity index is 1.87. The second-order valence-electron chi connectivity index (χ2n) is 5.17. The van der Waals surface area contributed by atoms with Crippen LogP contribution >= 0.6 is 0 Å². The summed E-state index contributed by atoms with van der Waals surface area (Å²) in [5.74, 6) is 2.65. The summed E-state index contributed by atoms with van der Waals surface area (Å²) in [6.45, 7) is 0. The van der Waals surface area contributed by atoms with E-state index in [1.165, 1.54) is 0 Å². The molecule has 0 aliphatic heterocycles.